The van der Waals surface area contributed by atoms with Crippen LogP contribution in [0, 0.1) is 0 Å². The Bertz CT molecular complexity index is 654. The molecule has 2 heterocycles. The van der Waals surface area contributed by atoms with Crippen LogP contribution in [-0.2, 0) is 6.42 Å². The van der Waals surface area contributed by atoms with E-state index in [1.54, 1.807) is 11.3 Å². The Morgan fingerprint density at radius 2 is 2.17 bits per heavy atom. The van der Waals surface area contributed by atoms with E-state index in [0.29, 0.717) is 0 Å². The number of benzene rings is 1. The van der Waals surface area contributed by atoms with E-state index in [2.05, 4.69) is 45.2 Å². The van der Waals surface area contributed by atoms with Crippen LogP contribution >= 0.6 is 11.3 Å². The number of nitrogens with one attached hydrogen (secondary N) is 2. The lowest BCUT2D eigenvalue weighted by Gasteiger charge is -2.02. The summed E-state index contributed by atoms with van der Waals surface area (Å²) in [7, 11) is 1.97. The second-order valence-corrected chi connectivity index (χ2v) is 5.17. The van der Waals surface area contributed by atoms with Crippen LogP contribution < -0.4 is 5.32 Å². The van der Waals surface area contributed by atoms with Crippen molar-refractivity contribution in [3.8, 4) is 11.1 Å². The van der Waals surface area contributed by atoms with Gasteiger partial charge in [0.1, 0.15) is 0 Å². The summed E-state index contributed by atoms with van der Waals surface area (Å²) in [4.78, 5) is 0. The van der Waals surface area contributed by atoms with Crippen molar-refractivity contribution in [1.29, 1.82) is 0 Å². The van der Waals surface area contributed by atoms with E-state index in [-0.39, 0.29) is 0 Å². The van der Waals surface area contributed by atoms with Crippen LogP contribution in [0.3, 0.4) is 0 Å². The molecule has 0 saturated carbocycles. The molecule has 0 aliphatic carbocycles. The lowest BCUT2D eigenvalue weighted by molar-refractivity contribution is 0.773. The second-order valence-electron chi connectivity index (χ2n) is 4.26. The lowest BCUT2D eigenvalue weighted by Crippen LogP contribution is -2.10. The molecule has 2 N–H and O–H groups in total. The third-order valence-corrected chi connectivity index (χ3v) is 4.08. The summed E-state index contributed by atoms with van der Waals surface area (Å²) in [5.41, 5.74) is 3.71. The molecule has 0 fully saturated rings. The van der Waals surface area contributed by atoms with Crippen molar-refractivity contribution in [2.45, 2.75) is 6.42 Å². The average molecular weight is 257 g/mol. The lowest BCUT2D eigenvalue weighted by atomic mass is 10.0. The molecule has 1 aromatic carbocycles. The highest BCUT2D eigenvalue weighted by molar-refractivity contribution is 7.17. The maximum Gasteiger partial charge on any atom is 0.0569 e. The van der Waals surface area contributed by atoms with Gasteiger partial charge in [-0.1, -0.05) is 18.2 Å². The van der Waals surface area contributed by atoms with Crippen LogP contribution in [0.1, 0.15) is 5.69 Å². The van der Waals surface area contributed by atoms with Gasteiger partial charge in [0.25, 0.3) is 0 Å². The molecular weight excluding hydrogens is 242 g/mol. The van der Waals surface area contributed by atoms with Crippen molar-refractivity contribution in [1.82, 2.24) is 15.5 Å². The summed E-state index contributed by atoms with van der Waals surface area (Å²) < 4.78 is 1.33. The van der Waals surface area contributed by atoms with E-state index >= 15 is 0 Å². The van der Waals surface area contributed by atoms with Crippen LogP contribution in [0.2, 0.25) is 0 Å². The number of rotatable bonds is 4. The van der Waals surface area contributed by atoms with Gasteiger partial charge in [-0.2, -0.15) is 5.10 Å². The number of hydrogen-bond acceptors (Lipinski definition) is 3. The SMILES string of the molecule is CNCCc1[nH]ncc1-c1csc2ccccc12. The van der Waals surface area contributed by atoms with Crippen LogP contribution in [0.25, 0.3) is 21.2 Å². The van der Waals surface area contributed by atoms with Gasteiger partial charge in [0.05, 0.1) is 6.20 Å². The topological polar surface area (TPSA) is 40.7 Å². The zero-order chi connectivity index (χ0) is 12.4. The van der Waals surface area contributed by atoms with E-state index in [0.717, 1.165) is 13.0 Å². The zero-order valence-corrected chi connectivity index (χ0v) is 11.1. The van der Waals surface area contributed by atoms with E-state index in [1.165, 1.54) is 26.9 Å². The monoisotopic (exact) mass is 257 g/mol. The summed E-state index contributed by atoms with van der Waals surface area (Å²) in [6.07, 6.45) is 2.90. The van der Waals surface area contributed by atoms with Crippen molar-refractivity contribution >= 4 is 21.4 Å². The van der Waals surface area contributed by atoms with Gasteiger partial charge in [-0.3, -0.25) is 5.10 Å². The third kappa shape index (κ3) is 1.94. The molecule has 3 rings (SSSR count). The third-order valence-electron chi connectivity index (χ3n) is 3.11. The molecule has 0 unspecified atom stereocenters. The van der Waals surface area contributed by atoms with Crippen LogP contribution in [-0.4, -0.2) is 23.8 Å². The van der Waals surface area contributed by atoms with Gasteiger partial charge in [-0.05, 0) is 18.5 Å². The molecule has 0 spiro atoms. The molecule has 0 amide bonds. The molecule has 92 valence electrons. The number of nitrogens with zero attached hydrogens (tertiary/aromatic N) is 1. The normalized spacial score (nSPS) is 11.2. The quantitative estimate of drug-likeness (QED) is 0.754. The fraction of sp³-hybridized carbons (Fsp3) is 0.214. The number of likely N-dealkylation sites (N-methyl/N-ethyl adjacent to an activating group) is 1. The maximum atomic E-state index is 4.19. The number of aromatic amines is 1. The minimum atomic E-state index is 0.956. The average Bonchev–Trinajstić information content (AvgIpc) is 3.02. The molecule has 0 saturated heterocycles. The standard InChI is InChI=1S/C14H15N3S/c1-15-7-6-13-11(8-16-17-13)12-9-18-14-5-3-2-4-10(12)14/h2-5,8-9,15H,6-7H2,1H3,(H,16,17). The predicted molar refractivity (Wildman–Crippen MR) is 77.0 cm³/mol. The highest BCUT2D eigenvalue weighted by Crippen LogP contribution is 2.34. The summed E-state index contributed by atoms with van der Waals surface area (Å²) in [6.45, 7) is 0.956. The summed E-state index contributed by atoms with van der Waals surface area (Å²) in [5.74, 6) is 0. The van der Waals surface area contributed by atoms with E-state index in [4.69, 9.17) is 0 Å². The van der Waals surface area contributed by atoms with Gasteiger partial charge in [-0.25, -0.2) is 0 Å². The number of hydrogen-bond donors (Lipinski definition) is 2. The van der Waals surface area contributed by atoms with Gasteiger partial charge in [-0.15, -0.1) is 11.3 Å². The number of fused-ring (bicyclic) bond motifs is 1. The summed E-state index contributed by atoms with van der Waals surface area (Å²) in [6, 6.07) is 8.51. The number of thiophene rings is 1. The Hall–Kier alpha value is -1.65. The van der Waals surface area contributed by atoms with Crippen LogP contribution in [0.4, 0.5) is 0 Å². The highest BCUT2D eigenvalue weighted by atomic mass is 32.1. The minimum Gasteiger partial charge on any atom is -0.319 e. The molecule has 18 heavy (non-hydrogen) atoms. The summed E-state index contributed by atoms with van der Waals surface area (Å²) in [5, 5.41) is 14.0. The number of H-pyrrole nitrogens is 1. The van der Waals surface area contributed by atoms with Gasteiger partial charge in [0, 0.05) is 39.9 Å². The Morgan fingerprint density at radius 3 is 3.06 bits per heavy atom. The fourth-order valence-electron chi connectivity index (χ4n) is 2.17. The Morgan fingerprint density at radius 1 is 1.28 bits per heavy atom. The van der Waals surface area contributed by atoms with Gasteiger partial charge in [0.2, 0.25) is 0 Å². The van der Waals surface area contributed by atoms with Crippen molar-refractivity contribution in [2.24, 2.45) is 0 Å². The Balaban J connectivity index is 2.06. The maximum absolute atomic E-state index is 4.19. The molecule has 0 aliphatic heterocycles. The van der Waals surface area contributed by atoms with Crippen molar-refractivity contribution in [3.63, 3.8) is 0 Å². The van der Waals surface area contributed by atoms with E-state index in [9.17, 15) is 0 Å². The molecule has 3 aromatic rings. The smallest absolute Gasteiger partial charge is 0.0569 e. The van der Waals surface area contributed by atoms with Crippen molar-refractivity contribution < 1.29 is 0 Å². The highest BCUT2D eigenvalue weighted by Gasteiger charge is 2.11. The van der Waals surface area contributed by atoms with Crippen molar-refractivity contribution in [3.05, 3.63) is 41.5 Å². The Kier molecular flexibility index (Phi) is 3.13. The molecular formula is C14H15N3S. The first-order chi connectivity index (χ1) is 8.90. The second kappa shape index (κ2) is 4.92. The largest absolute Gasteiger partial charge is 0.319 e. The first-order valence-corrected chi connectivity index (χ1v) is 6.91. The minimum absolute atomic E-state index is 0.956. The first-order valence-electron chi connectivity index (χ1n) is 6.03. The molecule has 0 radical (unpaired) electrons. The molecule has 2 aromatic heterocycles. The molecule has 0 bridgehead atoms. The summed E-state index contributed by atoms with van der Waals surface area (Å²) >= 11 is 1.79. The molecule has 3 nitrogen and oxygen atoms in total. The predicted octanol–water partition coefficient (Wildman–Crippen LogP) is 3.05. The van der Waals surface area contributed by atoms with Crippen LogP contribution in [0.5, 0.6) is 0 Å². The molecule has 0 atom stereocenters. The van der Waals surface area contributed by atoms with Crippen LogP contribution in [0.15, 0.2) is 35.8 Å². The number of aromatic nitrogens is 2. The molecule has 0 aliphatic rings. The zero-order valence-electron chi connectivity index (χ0n) is 10.2. The van der Waals surface area contributed by atoms with E-state index in [1.807, 2.05) is 13.2 Å². The van der Waals surface area contributed by atoms with E-state index < -0.39 is 0 Å². The van der Waals surface area contributed by atoms with Crippen molar-refractivity contribution in [2.75, 3.05) is 13.6 Å². The van der Waals surface area contributed by atoms with Gasteiger partial charge in [0.15, 0.2) is 0 Å². The van der Waals surface area contributed by atoms with Gasteiger partial charge >= 0.3 is 0 Å². The molecule has 4 heteroatoms. The van der Waals surface area contributed by atoms with Gasteiger partial charge < -0.3 is 5.32 Å². The fourth-order valence-corrected chi connectivity index (χ4v) is 3.13. The Labute approximate surface area is 110 Å². The first kappa shape index (κ1) is 11.4.